The van der Waals surface area contributed by atoms with Gasteiger partial charge in [-0.3, -0.25) is 18.9 Å². The molecule has 0 spiro atoms. The van der Waals surface area contributed by atoms with E-state index < -0.39 is 0 Å². The molecule has 0 radical (unpaired) electrons. The number of likely N-dealkylation sites (tertiary alicyclic amines) is 1. The fraction of sp³-hybridized carbons (Fsp3) is 0.481. The zero-order chi connectivity index (χ0) is 24.9. The van der Waals surface area contributed by atoms with Crippen molar-refractivity contribution in [3.8, 4) is 0 Å². The van der Waals surface area contributed by atoms with Crippen molar-refractivity contribution in [3.63, 3.8) is 0 Å². The number of imidazole rings is 1. The van der Waals surface area contributed by atoms with Gasteiger partial charge in [-0.2, -0.15) is 4.98 Å². The van der Waals surface area contributed by atoms with Crippen LogP contribution < -0.4 is 15.6 Å². The van der Waals surface area contributed by atoms with Crippen LogP contribution in [-0.4, -0.2) is 93.5 Å². The third-order valence-corrected chi connectivity index (χ3v) is 8.31. The molecule has 3 aliphatic heterocycles. The molecule has 3 fully saturated rings. The van der Waals surface area contributed by atoms with Crippen LogP contribution in [0.25, 0.3) is 27.7 Å². The molecule has 6 heterocycles. The van der Waals surface area contributed by atoms with Gasteiger partial charge < -0.3 is 20.1 Å². The number of benzene rings is 1. The van der Waals surface area contributed by atoms with Crippen molar-refractivity contribution in [1.82, 2.24) is 34.5 Å². The zero-order valence-electron chi connectivity index (χ0n) is 20.9. The van der Waals surface area contributed by atoms with E-state index in [1.807, 2.05) is 28.7 Å². The monoisotopic (exact) mass is 500 g/mol. The molecule has 3 aliphatic rings. The van der Waals surface area contributed by atoms with Crippen molar-refractivity contribution >= 4 is 39.6 Å². The first kappa shape index (κ1) is 22.7. The minimum atomic E-state index is -0.364. The molecule has 1 amide bonds. The molecular formula is C27H32N8O2. The molecule has 3 aromatic heterocycles. The summed E-state index contributed by atoms with van der Waals surface area (Å²) >= 11 is 0. The number of aromatic amines is 1. The third kappa shape index (κ3) is 3.86. The number of piperazine rings is 1. The average Bonchev–Trinajstić information content (AvgIpc) is 3.68. The maximum atomic E-state index is 13.7. The van der Waals surface area contributed by atoms with Crippen LogP contribution in [0.2, 0.25) is 0 Å². The molecule has 1 unspecified atom stereocenters. The number of aromatic nitrogens is 4. The summed E-state index contributed by atoms with van der Waals surface area (Å²) in [6, 6.07) is 8.37. The molecule has 1 aromatic carbocycles. The molecule has 4 aromatic rings. The van der Waals surface area contributed by atoms with E-state index in [0.29, 0.717) is 35.2 Å². The van der Waals surface area contributed by atoms with Crippen LogP contribution in [0.3, 0.4) is 0 Å². The fourth-order valence-corrected chi connectivity index (χ4v) is 6.37. The second kappa shape index (κ2) is 9.11. The minimum Gasteiger partial charge on any atom is -0.351 e. The van der Waals surface area contributed by atoms with Crippen LogP contribution >= 0.6 is 0 Å². The van der Waals surface area contributed by atoms with E-state index in [1.165, 1.54) is 32.2 Å². The molecule has 3 saturated heterocycles. The number of hydrogen-bond acceptors (Lipinski definition) is 7. The standard InChI is InChI=1S/C27H32N8O2/c36-23-19-16-29-27(34-15-14-33-12-5-6-18(33)17-34)31-24(19)35-21-8-2-1-7-20(21)30-25(35)22(23)26(37)28-9-13-32-10-3-4-11-32/h1-2,7-8,16,18,30H,3-6,9-15,17H2,(H,28,37). The summed E-state index contributed by atoms with van der Waals surface area (Å²) in [6.45, 7) is 7.37. The SMILES string of the molecule is O=C(NCCN1CCCC1)c1c(=O)c2cnc(N3CCN4CCCC4C3)nc2n2c1[nH]c1ccccc12. The number of para-hydroxylation sites is 2. The lowest BCUT2D eigenvalue weighted by molar-refractivity contribution is 0.0950. The van der Waals surface area contributed by atoms with Gasteiger partial charge in [0.15, 0.2) is 5.65 Å². The Bertz CT molecular complexity index is 1550. The molecule has 0 aliphatic carbocycles. The Morgan fingerprint density at radius 3 is 2.84 bits per heavy atom. The van der Waals surface area contributed by atoms with Gasteiger partial charge in [0.1, 0.15) is 11.2 Å². The molecule has 10 nitrogen and oxygen atoms in total. The van der Waals surface area contributed by atoms with Gasteiger partial charge in [-0.05, 0) is 57.5 Å². The van der Waals surface area contributed by atoms with E-state index in [-0.39, 0.29) is 16.9 Å². The van der Waals surface area contributed by atoms with Crippen molar-refractivity contribution in [2.75, 3.05) is 57.3 Å². The van der Waals surface area contributed by atoms with Crippen LogP contribution in [0.1, 0.15) is 36.0 Å². The van der Waals surface area contributed by atoms with E-state index in [0.717, 1.165) is 50.3 Å². The summed E-state index contributed by atoms with van der Waals surface area (Å²) in [7, 11) is 0. The summed E-state index contributed by atoms with van der Waals surface area (Å²) in [5.41, 5.74) is 2.50. The molecule has 0 bridgehead atoms. The highest BCUT2D eigenvalue weighted by molar-refractivity contribution is 6.05. The van der Waals surface area contributed by atoms with Gasteiger partial charge >= 0.3 is 0 Å². The second-order valence-corrected chi connectivity index (χ2v) is 10.5. The number of carbonyl (C=O) groups is 1. The Kier molecular flexibility index (Phi) is 5.58. The van der Waals surface area contributed by atoms with Crippen LogP contribution in [0.5, 0.6) is 0 Å². The molecule has 37 heavy (non-hydrogen) atoms. The number of H-pyrrole nitrogens is 1. The van der Waals surface area contributed by atoms with E-state index in [4.69, 9.17) is 4.98 Å². The predicted octanol–water partition coefficient (Wildman–Crippen LogP) is 1.83. The topological polar surface area (TPSA) is 102 Å². The Labute approximate surface area is 214 Å². The highest BCUT2D eigenvalue weighted by Crippen LogP contribution is 2.26. The molecule has 1 atom stereocenters. The summed E-state index contributed by atoms with van der Waals surface area (Å²) in [4.78, 5) is 47.1. The number of nitrogens with zero attached hydrogens (tertiary/aromatic N) is 6. The number of nitrogens with one attached hydrogen (secondary N) is 2. The molecule has 7 rings (SSSR count). The summed E-state index contributed by atoms with van der Waals surface area (Å²) < 4.78 is 1.92. The number of fused-ring (bicyclic) bond motifs is 6. The van der Waals surface area contributed by atoms with Crippen LogP contribution in [0.15, 0.2) is 35.3 Å². The van der Waals surface area contributed by atoms with E-state index in [1.54, 1.807) is 6.20 Å². The molecule has 2 N–H and O–H groups in total. The van der Waals surface area contributed by atoms with Crippen LogP contribution in [0.4, 0.5) is 5.95 Å². The lowest BCUT2D eigenvalue weighted by Gasteiger charge is -2.37. The van der Waals surface area contributed by atoms with Gasteiger partial charge in [-0.25, -0.2) is 4.98 Å². The number of amides is 1. The Morgan fingerprint density at radius 1 is 1.08 bits per heavy atom. The Hall–Kier alpha value is -3.50. The zero-order valence-corrected chi connectivity index (χ0v) is 20.9. The highest BCUT2D eigenvalue weighted by Gasteiger charge is 2.32. The first-order chi connectivity index (χ1) is 18.2. The molecular weight excluding hydrogens is 468 g/mol. The van der Waals surface area contributed by atoms with Crippen molar-refractivity contribution < 1.29 is 4.79 Å². The third-order valence-electron chi connectivity index (χ3n) is 8.31. The van der Waals surface area contributed by atoms with Crippen molar-refractivity contribution in [2.24, 2.45) is 0 Å². The number of rotatable bonds is 5. The van der Waals surface area contributed by atoms with Crippen LogP contribution in [0, 0.1) is 0 Å². The quantitative estimate of drug-likeness (QED) is 0.431. The first-order valence-electron chi connectivity index (χ1n) is 13.5. The fourth-order valence-electron chi connectivity index (χ4n) is 6.37. The van der Waals surface area contributed by atoms with Crippen molar-refractivity contribution in [2.45, 2.75) is 31.7 Å². The van der Waals surface area contributed by atoms with Gasteiger partial charge in [0.25, 0.3) is 5.91 Å². The van der Waals surface area contributed by atoms with Gasteiger partial charge in [-0.15, -0.1) is 0 Å². The van der Waals surface area contributed by atoms with E-state index >= 15 is 0 Å². The van der Waals surface area contributed by atoms with E-state index in [9.17, 15) is 9.59 Å². The molecule has 10 heteroatoms. The number of anilines is 1. The largest absolute Gasteiger partial charge is 0.351 e. The lowest BCUT2D eigenvalue weighted by Crippen LogP contribution is -2.50. The lowest BCUT2D eigenvalue weighted by atomic mass is 10.1. The summed E-state index contributed by atoms with van der Waals surface area (Å²) in [5.74, 6) is 0.275. The van der Waals surface area contributed by atoms with Crippen molar-refractivity contribution in [1.29, 1.82) is 0 Å². The normalized spacial score (nSPS) is 20.9. The predicted molar refractivity (Wildman–Crippen MR) is 143 cm³/mol. The van der Waals surface area contributed by atoms with E-state index in [2.05, 4.69) is 30.0 Å². The summed E-state index contributed by atoms with van der Waals surface area (Å²) in [5, 5.41) is 3.34. The molecule has 192 valence electrons. The van der Waals surface area contributed by atoms with Crippen LogP contribution in [-0.2, 0) is 0 Å². The first-order valence-corrected chi connectivity index (χ1v) is 13.5. The second-order valence-electron chi connectivity index (χ2n) is 10.5. The number of carbonyl (C=O) groups excluding carboxylic acids is 1. The summed E-state index contributed by atoms with van der Waals surface area (Å²) in [6.07, 6.45) is 6.45. The Morgan fingerprint density at radius 2 is 1.95 bits per heavy atom. The van der Waals surface area contributed by atoms with Gasteiger partial charge in [0, 0.05) is 45.0 Å². The molecule has 0 saturated carbocycles. The smallest absolute Gasteiger partial charge is 0.259 e. The van der Waals surface area contributed by atoms with Gasteiger partial charge in [0.2, 0.25) is 11.4 Å². The van der Waals surface area contributed by atoms with Crippen molar-refractivity contribution in [3.05, 3.63) is 46.2 Å². The highest BCUT2D eigenvalue weighted by atomic mass is 16.2. The maximum absolute atomic E-state index is 13.7. The Balaban J connectivity index is 1.31. The number of pyridine rings is 1. The van der Waals surface area contributed by atoms with Gasteiger partial charge in [0.05, 0.1) is 16.4 Å². The average molecular weight is 501 g/mol. The minimum absolute atomic E-state index is 0.112. The van der Waals surface area contributed by atoms with Gasteiger partial charge in [-0.1, -0.05) is 12.1 Å². The number of hydrogen-bond donors (Lipinski definition) is 2. The maximum Gasteiger partial charge on any atom is 0.259 e.